The largest absolute Gasteiger partial charge is 0.493 e. The van der Waals surface area contributed by atoms with Gasteiger partial charge in [0.15, 0.2) is 5.96 Å². The van der Waals surface area contributed by atoms with Crippen LogP contribution in [0.15, 0.2) is 22.7 Å². The van der Waals surface area contributed by atoms with E-state index in [2.05, 4.69) is 17.1 Å². The second-order valence-electron chi connectivity index (χ2n) is 8.29. The molecule has 170 valence electrons. The summed E-state index contributed by atoms with van der Waals surface area (Å²) in [4.78, 5) is 6.04. The van der Waals surface area contributed by atoms with Crippen LogP contribution in [0.3, 0.4) is 0 Å². The fraction of sp³-hybridized carbons (Fsp3) is 0.609. The lowest BCUT2D eigenvalue weighted by Gasteiger charge is -2.22. The fourth-order valence-corrected chi connectivity index (χ4v) is 4.01. The zero-order chi connectivity index (χ0) is 22.2. The Kier molecular flexibility index (Phi) is 8.28. The lowest BCUT2D eigenvalue weighted by atomic mass is 10.1. The molecule has 1 aromatic heterocycles. The maximum absolute atomic E-state index is 10.3. The van der Waals surface area contributed by atoms with Gasteiger partial charge < -0.3 is 25.0 Å². The molecule has 0 amide bonds. The van der Waals surface area contributed by atoms with Gasteiger partial charge in [0.25, 0.3) is 5.89 Å². The molecule has 4 N–H and O–H groups in total. The van der Waals surface area contributed by atoms with Crippen molar-refractivity contribution in [3.8, 4) is 17.1 Å². The lowest BCUT2D eigenvalue weighted by molar-refractivity contribution is 0.118. The Morgan fingerprint density at radius 1 is 1.26 bits per heavy atom. The molecular weight excluding hydrogens is 394 g/mol. The maximum Gasteiger partial charge on any atom is 0.252 e. The molecular formula is C23H35N5O3. The number of aliphatic hydroxyl groups is 1. The summed E-state index contributed by atoms with van der Waals surface area (Å²) in [7, 11) is 0. The monoisotopic (exact) mass is 429 g/mol. The normalized spacial score (nSPS) is 18.5. The second-order valence-corrected chi connectivity index (χ2v) is 8.29. The summed E-state index contributed by atoms with van der Waals surface area (Å²) in [6, 6.07) is 5.25. The van der Waals surface area contributed by atoms with Crippen LogP contribution in [0.25, 0.3) is 11.4 Å². The molecule has 2 atom stereocenters. The van der Waals surface area contributed by atoms with Crippen molar-refractivity contribution in [3.63, 3.8) is 0 Å². The predicted octanol–water partition coefficient (Wildman–Crippen LogP) is 4.18. The summed E-state index contributed by atoms with van der Waals surface area (Å²) in [5.74, 6) is 1.47. The molecule has 8 heteroatoms. The molecule has 0 radical (unpaired) electrons. The molecule has 1 saturated heterocycles. The van der Waals surface area contributed by atoms with Gasteiger partial charge in [0.1, 0.15) is 11.8 Å². The lowest BCUT2D eigenvalue weighted by Crippen LogP contribution is -2.37. The quantitative estimate of drug-likeness (QED) is 0.278. The molecule has 0 aliphatic carbocycles. The average Bonchev–Trinajstić information content (AvgIpc) is 3.37. The summed E-state index contributed by atoms with van der Waals surface area (Å²) >= 11 is 0. The third-order valence-electron chi connectivity index (χ3n) is 5.81. The first-order valence-corrected chi connectivity index (χ1v) is 11.4. The Morgan fingerprint density at radius 2 is 2.00 bits per heavy atom. The summed E-state index contributed by atoms with van der Waals surface area (Å²) in [6.45, 7) is 5.45. The van der Waals surface area contributed by atoms with E-state index in [9.17, 15) is 5.11 Å². The molecule has 2 aromatic rings. The van der Waals surface area contributed by atoms with Crippen LogP contribution in [0.2, 0.25) is 0 Å². The second kappa shape index (κ2) is 11.1. The smallest absolute Gasteiger partial charge is 0.252 e. The van der Waals surface area contributed by atoms with E-state index >= 15 is 0 Å². The van der Waals surface area contributed by atoms with E-state index in [1.54, 1.807) is 4.90 Å². The van der Waals surface area contributed by atoms with Crippen molar-refractivity contribution >= 4 is 5.96 Å². The van der Waals surface area contributed by atoms with Crippen molar-refractivity contribution in [1.29, 1.82) is 5.41 Å². The van der Waals surface area contributed by atoms with E-state index in [-0.39, 0.29) is 11.9 Å². The van der Waals surface area contributed by atoms with Crippen molar-refractivity contribution in [1.82, 2.24) is 15.0 Å². The number of nitrogens with zero attached hydrogens (tertiary/aromatic N) is 3. The number of likely N-dealkylation sites (tertiary alicyclic amines) is 1. The Hall–Kier alpha value is -2.61. The van der Waals surface area contributed by atoms with E-state index in [1.807, 2.05) is 25.1 Å². The number of guanidine groups is 1. The first-order valence-electron chi connectivity index (χ1n) is 11.4. The summed E-state index contributed by atoms with van der Waals surface area (Å²) < 4.78 is 11.4. The number of aromatic nitrogens is 2. The highest BCUT2D eigenvalue weighted by atomic mass is 16.5. The van der Waals surface area contributed by atoms with E-state index in [0.29, 0.717) is 18.8 Å². The highest BCUT2D eigenvalue weighted by Crippen LogP contribution is 2.32. The minimum Gasteiger partial charge on any atom is -0.493 e. The van der Waals surface area contributed by atoms with Crippen LogP contribution in [0.4, 0.5) is 0 Å². The number of ether oxygens (including phenoxy) is 1. The molecule has 31 heavy (non-hydrogen) atoms. The third kappa shape index (κ3) is 5.97. The number of hydrogen-bond acceptors (Lipinski definition) is 6. The number of hydrogen-bond donors (Lipinski definition) is 3. The SMILES string of the molecule is CCCCCCCCCOc1ccc(-c2noc(C3[C@@H](O)CCN3C(=N)N)n2)cc1C. The molecule has 1 aliphatic heterocycles. The Morgan fingerprint density at radius 3 is 2.71 bits per heavy atom. The highest BCUT2D eigenvalue weighted by Gasteiger charge is 2.39. The minimum atomic E-state index is -0.693. The fourth-order valence-electron chi connectivity index (χ4n) is 4.01. The van der Waals surface area contributed by atoms with Crippen LogP contribution in [0.5, 0.6) is 5.75 Å². The zero-order valence-corrected chi connectivity index (χ0v) is 18.6. The van der Waals surface area contributed by atoms with Crippen molar-refractivity contribution in [2.45, 2.75) is 77.4 Å². The van der Waals surface area contributed by atoms with Crippen LogP contribution in [0.1, 0.15) is 75.8 Å². The van der Waals surface area contributed by atoms with Gasteiger partial charge >= 0.3 is 0 Å². The van der Waals surface area contributed by atoms with Crippen LogP contribution >= 0.6 is 0 Å². The van der Waals surface area contributed by atoms with Crippen LogP contribution in [-0.2, 0) is 0 Å². The summed E-state index contributed by atoms with van der Waals surface area (Å²) in [5, 5.41) is 22.0. The van der Waals surface area contributed by atoms with Gasteiger partial charge in [-0.3, -0.25) is 5.41 Å². The van der Waals surface area contributed by atoms with Gasteiger partial charge in [-0.05, 0) is 43.5 Å². The Labute approximate surface area is 184 Å². The summed E-state index contributed by atoms with van der Waals surface area (Å²) in [6.07, 6.45) is 8.63. The first-order chi connectivity index (χ1) is 15.0. The van der Waals surface area contributed by atoms with E-state index in [0.717, 1.165) is 29.9 Å². The average molecular weight is 430 g/mol. The molecule has 0 spiro atoms. The minimum absolute atomic E-state index is 0.111. The van der Waals surface area contributed by atoms with Crippen molar-refractivity contribution < 1.29 is 14.4 Å². The van der Waals surface area contributed by atoms with Gasteiger partial charge in [0, 0.05) is 12.1 Å². The van der Waals surface area contributed by atoms with E-state index in [1.165, 1.54) is 38.5 Å². The molecule has 3 rings (SSSR count). The van der Waals surface area contributed by atoms with Gasteiger partial charge in [-0.15, -0.1) is 0 Å². The van der Waals surface area contributed by atoms with Crippen LogP contribution in [0, 0.1) is 12.3 Å². The zero-order valence-electron chi connectivity index (χ0n) is 18.6. The Balaban J connectivity index is 1.55. The Bertz CT molecular complexity index is 853. The topological polar surface area (TPSA) is 121 Å². The number of rotatable bonds is 11. The number of aliphatic hydroxyl groups excluding tert-OH is 1. The molecule has 0 saturated carbocycles. The highest BCUT2D eigenvalue weighted by molar-refractivity contribution is 5.75. The number of benzene rings is 1. The van der Waals surface area contributed by atoms with Gasteiger partial charge in [-0.1, -0.05) is 50.6 Å². The molecule has 2 heterocycles. The summed E-state index contributed by atoms with van der Waals surface area (Å²) in [5.41, 5.74) is 7.45. The number of nitrogens with two attached hydrogens (primary N) is 1. The molecule has 1 fully saturated rings. The van der Waals surface area contributed by atoms with Gasteiger partial charge in [-0.25, -0.2) is 0 Å². The first kappa shape index (κ1) is 23.1. The number of aryl methyl sites for hydroxylation is 1. The molecule has 1 unspecified atom stereocenters. The van der Waals surface area contributed by atoms with Gasteiger partial charge in [0.05, 0.1) is 12.7 Å². The van der Waals surface area contributed by atoms with Crippen LogP contribution in [-0.4, -0.2) is 45.4 Å². The van der Waals surface area contributed by atoms with E-state index < -0.39 is 12.1 Å². The molecule has 0 bridgehead atoms. The molecule has 8 nitrogen and oxygen atoms in total. The standard InChI is InChI=1S/C23H35N5O3/c1-3-4-5-6-7-8-9-14-30-19-11-10-17(15-16(19)2)21-26-22(31-27-21)20-18(29)12-13-28(20)23(24)25/h10-11,15,18,20,29H,3-9,12-14H2,1-2H3,(H3,24,25)/t18-,20?/m0/s1. The number of unbranched alkanes of at least 4 members (excludes halogenated alkanes) is 6. The van der Waals surface area contributed by atoms with Crippen LogP contribution < -0.4 is 10.5 Å². The van der Waals surface area contributed by atoms with Crippen molar-refractivity contribution in [2.75, 3.05) is 13.2 Å². The van der Waals surface area contributed by atoms with Gasteiger partial charge in [0.2, 0.25) is 5.82 Å². The van der Waals surface area contributed by atoms with E-state index in [4.69, 9.17) is 20.4 Å². The predicted molar refractivity (Wildman–Crippen MR) is 120 cm³/mol. The van der Waals surface area contributed by atoms with Crippen molar-refractivity contribution in [3.05, 3.63) is 29.7 Å². The van der Waals surface area contributed by atoms with Crippen molar-refractivity contribution in [2.24, 2.45) is 5.73 Å². The van der Waals surface area contributed by atoms with Gasteiger partial charge in [-0.2, -0.15) is 4.98 Å². The molecule has 1 aliphatic rings. The third-order valence-corrected chi connectivity index (χ3v) is 5.81. The maximum atomic E-state index is 10.3. The number of nitrogens with one attached hydrogen (secondary N) is 1. The molecule has 1 aromatic carbocycles.